The monoisotopic (exact) mass is 242 g/mol. The van der Waals surface area contributed by atoms with Crippen molar-refractivity contribution in [3.8, 4) is 11.9 Å². The fourth-order valence-electron chi connectivity index (χ4n) is 1.15. The summed E-state index contributed by atoms with van der Waals surface area (Å²) in [7, 11) is 1.32. The molecular weight excluding hydrogens is 233 g/mol. The Bertz CT molecular complexity index is 461. The van der Waals surface area contributed by atoms with E-state index in [4.69, 9.17) is 10.00 Å². The van der Waals surface area contributed by atoms with Crippen LogP contribution in [-0.2, 0) is 6.18 Å². The van der Waals surface area contributed by atoms with E-state index in [1.807, 2.05) is 6.07 Å². The fraction of sp³-hybridized carbons (Fsp3) is 0.273. The molecule has 0 aromatic carbocycles. The van der Waals surface area contributed by atoms with Crippen molar-refractivity contribution in [2.24, 2.45) is 0 Å². The molecule has 0 saturated heterocycles. The van der Waals surface area contributed by atoms with Crippen molar-refractivity contribution in [3.05, 3.63) is 29.5 Å². The van der Waals surface area contributed by atoms with Crippen LogP contribution in [0.15, 0.2) is 18.3 Å². The average Bonchev–Trinajstić information content (AvgIpc) is 2.28. The van der Waals surface area contributed by atoms with E-state index in [9.17, 15) is 13.2 Å². The molecule has 0 aliphatic heterocycles. The van der Waals surface area contributed by atoms with E-state index in [0.29, 0.717) is 6.20 Å². The first-order chi connectivity index (χ1) is 7.99. The molecule has 0 radical (unpaired) electrons. The Morgan fingerprint density at radius 2 is 2.24 bits per heavy atom. The van der Waals surface area contributed by atoms with Gasteiger partial charge in [-0.05, 0) is 6.07 Å². The lowest BCUT2D eigenvalue weighted by Crippen LogP contribution is -2.06. The Balaban J connectivity index is 3.12. The summed E-state index contributed by atoms with van der Waals surface area (Å²) in [5.74, 6) is 0.0900. The molecule has 0 aliphatic rings. The molecule has 1 aromatic heterocycles. The summed E-state index contributed by atoms with van der Waals surface area (Å²) >= 11 is 0. The first-order valence-corrected chi connectivity index (χ1v) is 4.63. The van der Waals surface area contributed by atoms with Gasteiger partial charge in [0, 0.05) is 11.8 Å². The predicted octanol–water partition coefficient (Wildman–Crippen LogP) is 3.04. The normalized spacial score (nSPS) is 11.5. The third-order valence-corrected chi connectivity index (χ3v) is 1.91. The van der Waals surface area contributed by atoms with Crippen LogP contribution >= 0.6 is 0 Å². The molecular formula is C11H9F3N2O. The van der Waals surface area contributed by atoms with Crippen molar-refractivity contribution < 1.29 is 17.9 Å². The highest BCUT2D eigenvalue weighted by Gasteiger charge is 2.31. The third kappa shape index (κ3) is 3.48. The molecule has 0 bridgehead atoms. The van der Waals surface area contributed by atoms with E-state index in [1.165, 1.54) is 19.3 Å². The standard InChI is InChI=1S/C11H9F3N2O/c1-17-10-8(4-2-3-5-15)6-9(7-16-10)11(12,13)14/h2,4,6-7H,3H2,1H3. The second-order valence-corrected chi connectivity index (χ2v) is 3.08. The number of nitrogens with zero attached hydrogens (tertiary/aromatic N) is 2. The SMILES string of the molecule is COc1ncc(C(F)(F)F)cc1C=CCC#N. The number of halogens is 3. The second-order valence-electron chi connectivity index (χ2n) is 3.08. The lowest BCUT2D eigenvalue weighted by atomic mass is 10.1. The molecule has 1 heterocycles. The first-order valence-electron chi connectivity index (χ1n) is 4.63. The number of rotatable bonds is 3. The van der Waals surface area contributed by atoms with E-state index in [1.54, 1.807) is 0 Å². The van der Waals surface area contributed by atoms with Crippen LogP contribution in [-0.4, -0.2) is 12.1 Å². The molecule has 0 aliphatic carbocycles. The number of ether oxygens (including phenoxy) is 1. The number of nitriles is 1. The van der Waals surface area contributed by atoms with E-state index < -0.39 is 11.7 Å². The van der Waals surface area contributed by atoms with Gasteiger partial charge in [0.15, 0.2) is 0 Å². The Labute approximate surface area is 96.2 Å². The van der Waals surface area contributed by atoms with Gasteiger partial charge in [0.05, 0.1) is 25.2 Å². The predicted molar refractivity (Wildman–Crippen MR) is 55.1 cm³/mol. The van der Waals surface area contributed by atoms with Gasteiger partial charge in [-0.15, -0.1) is 0 Å². The van der Waals surface area contributed by atoms with Gasteiger partial charge < -0.3 is 4.74 Å². The van der Waals surface area contributed by atoms with E-state index in [-0.39, 0.29) is 17.9 Å². The Kier molecular flexibility index (Phi) is 4.10. The molecule has 1 aromatic rings. The Morgan fingerprint density at radius 1 is 1.53 bits per heavy atom. The average molecular weight is 242 g/mol. The second kappa shape index (κ2) is 5.34. The number of aromatic nitrogens is 1. The van der Waals surface area contributed by atoms with Crippen molar-refractivity contribution in [1.29, 1.82) is 5.26 Å². The molecule has 0 spiro atoms. The number of alkyl halides is 3. The van der Waals surface area contributed by atoms with E-state index >= 15 is 0 Å². The highest BCUT2D eigenvalue weighted by atomic mass is 19.4. The molecule has 0 N–H and O–H groups in total. The van der Waals surface area contributed by atoms with Crippen LogP contribution in [0, 0.1) is 11.3 Å². The van der Waals surface area contributed by atoms with Crippen LogP contribution in [0.5, 0.6) is 5.88 Å². The van der Waals surface area contributed by atoms with Gasteiger partial charge in [-0.25, -0.2) is 4.98 Å². The topological polar surface area (TPSA) is 45.9 Å². The Morgan fingerprint density at radius 3 is 2.76 bits per heavy atom. The van der Waals surface area contributed by atoms with Gasteiger partial charge in [0.2, 0.25) is 5.88 Å². The largest absolute Gasteiger partial charge is 0.481 e. The summed E-state index contributed by atoms with van der Waals surface area (Å²) in [6.07, 6.45) is -0.805. The smallest absolute Gasteiger partial charge is 0.417 e. The Hall–Kier alpha value is -2.03. The zero-order chi connectivity index (χ0) is 12.9. The van der Waals surface area contributed by atoms with Gasteiger partial charge in [0.1, 0.15) is 0 Å². The minimum absolute atomic E-state index is 0.0900. The summed E-state index contributed by atoms with van der Waals surface area (Å²) in [4.78, 5) is 3.57. The third-order valence-electron chi connectivity index (χ3n) is 1.91. The molecule has 6 heteroatoms. The zero-order valence-corrected chi connectivity index (χ0v) is 8.95. The summed E-state index contributed by atoms with van der Waals surface area (Å²) in [5, 5.41) is 8.33. The van der Waals surface area contributed by atoms with Crippen LogP contribution in [0.2, 0.25) is 0 Å². The fourth-order valence-corrected chi connectivity index (χ4v) is 1.15. The maximum atomic E-state index is 12.4. The molecule has 0 fully saturated rings. The molecule has 0 saturated carbocycles. The van der Waals surface area contributed by atoms with Crippen molar-refractivity contribution >= 4 is 6.08 Å². The first kappa shape index (κ1) is 13.0. The van der Waals surface area contributed by atoms with Crippen LogP contribution < -0.4 is 4.74 Å². The number of methoxy groups -OCH3 is 1. The summed E-state index contributed by atoms with van der Waals surface area (Å²) in [6.45, 7) is 0. The summed E-state index contributed by atoms with van der Waals surface area (Å²) in [5.41, 5.74) is -0.660. The van der Waals surface area contributed by atoms with Gasteiger partial charge in [-0.1, -0.05) is 12.2 Å². The van der Waals surface area contributed by atoms with E-state index in [2.05, 4.69) is 4.98 Å². The lowest BCUT2D eigenvalue weighted by molar-refractivity contribution is -0.137. The van der Waals surface area contributed by atoms with Crippen molar-refractivity contribution in [3.63, 3.8) is 0 Å². The van der Waals surface area contributed by atoms with Crippen LogP contribution in [0.4, 0.5) is 13.2 Å². The van der Waals surface area contributed by atoms with Gasteiger partial charge >= 0.3 is 6.18 Å². The minimum atomic E-state index is -4.45. The number of hydrogen-bond donors (Lipinski definition) is 0. The summed E-state index contributed by atoms with van der Waals surface area (Å²) in [6, 6.07) is 2.78. The molecule has 0 atom stereocenters. The maximum absolute atomic E-state index is 12.4. The van der Waals surface area contributed by atoms with Crippen molar-refractivity contribution in [1.82, 2.24) is 4.98 Å². The molecule has 90 valence electrons. The highest BCUT2D eigenvalue weighted by Crippen LogP contribution is 2.31. The number of hydrogen-bond acceptors (Lipinski definition) is 3. The van der Waals surface area contributed by atoms with Crippen LogP contribution in [0.1, 0.15) is 17.5 Å². The number of allylic oxidation sites excluding steroid dienone is 1. The van der Waals surface area contributed by atoms with Crippen molar-refractivity contribution in [2.45, 2.75) is 12.6 Å². The van der Waals surface area contributed by atoms with E-state index in [0.717, 1.165) is 6.07 Å². The lowest BCUT2D eigenvalue weighted by Gasteiger charge is -2.09. The molecule has 3 nitrogen and oxygen atoms in total. The van der Waals surface area contributed by atoms with Crippen LogP contribution in [0.3, 0.4) is 0 Å². The number of pyridine rings is 1. The van der Waals surface area contributed by atoms with Gasteiger partial charge in [-0.2, -0.15) is 18.4 Å². The minimum Gasteiger partial charge on any atom is -0.481 e. The van der Waals surface area contributed by atoms with Gasteiger partial charge in [-0.3, -0.25) is 0 Å². The highest BCUT2D eigenvalue weighted by molar-refractivity contribution is 5.56. The van der Waals surface area contributed by atoms with Crippen molar-refractivity contribution in [2.75, 3.05) is 7.11 Å². The maximum Gasteiger partial charge on any atom is 0.417 e. The van der Waals surface area contributed by atoms with Gasteiger partial charge in [0.25, 0.3) is 0 Å². The quantitative estimate of drug-likeness (QED) is 0.818. The zero-order valence-electron chi connectivity index (χ0n) is 8.95. The summed E-state index contributed by atoms with van der Waals surface area (Å²) < 4.78 is 42.1. The molecule has 1 rings (SSSR count). The molecule has 0 unspecified atom stereocenters. The molecule has 0 amide bonds. The van der Waals surface area contributed by atoms with Crippen LogP contribution in [0.25, 0.3) is 6.08 Å². The molecule has 17 heavy (non-hydrogen) atoms.